The third kappa shape index (κ3) is 1.75. The number of aromatic nitrogens is 1. The van der Waals surface area contributed by atoms with E-state index in [9.17, 15) is 0 Å². The lowest BCUT2D eigenvalue weighted by Gasteiger charge is -2.32. The maximum absolute atomic E-state index is 6.05. The van der Waals surface area contributed by atoms with Gasteiger partial charge in [0.15, 0.2) is 0 Å². The van der Waals surface area contributed by atoms with Gasteiger partial charge in [-0.05, 0) is 51.8 Å². The molecular formula is C14H20BNO2. The molecule has 1 saturated heterocycles. The van der Waals surface area contributed by atoms with Gasteiger partial charge in [-0.3, -0.25) is 0 Å². The molecule has 1 aliphatic heterocycles. The number of hydrogen-bond donors (Lipinski definition) is 1. The molecule has 3 nitrogen and oxygen atoms in total. The predicted molar refractivity (Wildman–Crippen MR) is 73.9 cm³/mol. The summed E-state index contributed by atoms with van der Waals surface area (Å²) in [4.78, 5) is 3.41. The Morgan fingerprint density at radius 1 is 1.06 bits per heavy atom. The van der Waals surface area contributed by atoms with Crippen LogP contribution in [-0.4, -0.2) is 23.3 Å². The van der Waals surface area contributed by atoms with Crippen LogP contribution in [0.15, 0.2) is 6.07 Å². The van der Waals surface area contributed by atoms with Crippen LogP contribution in [-0.2, 0) is 9.31 Å². The van der Waals surface area contributed by atoms with Gasteiger partial charge in [0.05, 0.1) is 11.2 Å². The Balaban J connectivity index is 1.97. The average molecular weight is 245 g/mol. The normalized spacial score (nSPS) is 24.3. The zero-order chi connectivity index (χ0) is 13.0. The summed E-state index contributed by atoms with van der Waals surface area (Å²) in [7, 11) is -0.289. The van der Waals surface area contributed by atoms with Crippen molar-refractivity contribution in [3.05, 3.63) is 16.6 Å². The van der Waals surface area contributed by atoms with E-state index in [1.807, 2.05) is 0 Å². The highest BCUT2D eigenvalue weighted by Gasteiger charge is 2.52. The summed E-state index contributed by atoms with van der Waals surface area (Å²) in [6.07, 6.45) is 6.73. The fourth-order valence-corrected chi connectivity index (χ4v) is 2.41. The van der Waals surface area contributed by atoms with Crippen molar-refractivity contribution in [2.24, 2.45) is 0 Å². The summed E-state index contributed by atoms with van der Waals surface area (Å²) in [5.41, 5.74) is 0.459. The van der Waals surface area contributed by atoms with Crippen LogP contribution < -0.4 is 16.2 Å². The van der Waals surface area contributed by atoms with Crippen molar-refractivity contribution < 1.29 is 9.31 Å². The smallest absolute Gasteiger partial charge is 0.398 e. The van der Waals surface area contributed by atoms with Crippen LogP contribution in [0.3, 0.4) is 0 Å². The van der Waals surface area contributed by atoms with Gasteiger partial charge in [-0.1, -0.05) is 12.2 Å². The zero-order valence-electron chi connectivity index (χ0n) is 11.5. The molecule has 0 spiro atoms. The predicted octanol–water partition coefficient (Wildman–Crippen LogP) is 0.669. The van der Waals surface area contributed by atoms with E-state index >= 15 is 0 Å². The Kier molecular flexibility index (Phi) is 2.51. The van der Waals surface area contributed by atoms with Gasteiger partial charge in [-0.25, -0.2) is 0 Å². The third-order valence-corrected chi connectivity index (χ3v) is 4.29. The SMILES string of the molecule is CC1(C)OB(c2cc3c([nH]2)=CCCC=3)OC1(C)C. The quantitative estimate of drug-likeness (QED) is 0.738. The first-order valence-electron chi connectivity index (χ1n) is 6.64. The molecule has 96 valence electrons. The number of rotatable bonds is 1. The highest BCUT2D eigenvalue weighted by molar-refractivity contribution is 6.61. The van der Waals surface area contributed by atoms with E-state index in [4.69, 9.17) is 9.31 Å². The number of H-pyrrole nitrogens is 1. The summed E-state index contributed by atoms with van der Waals surface area (Å²) in [6, 6.07) is 2.15. The molecular weight excluding hydrogens is 225 g/mol. The van der Waals surface area contributed by atoms with Gasteiger partial charge < -0.3 is 14.3 Å². The third-order valence-electron chi connectivity index (χ3n) is 4.29. The Labute approximate surface area is 108 Å². The van der Waals surface area contributed by atoms with Gasteiger partial charge >= 0.3 is 7.12 Å². The van der Waals surface area contributed by atoms with Gasteiger partial charge in [0.25, 0.3) is 0 Å². The minimum atomic E-state index is -0.289. The minimum Gasteiger partial charge on any atom is -0.398 e. The van der Waals surface area contributed by atoms with Gasteiger partial charge in [-0.2, -0.15) is 0 Å². The summed E-state index contributed by atoms with van der Waals surface area (Å²) in [5, 5.41) is 2.47. The van der Waals surface area contributed by atoms with E-state index in [0.717, 1.165) is 18.4 Å². The highest BCUT2D eigenvalue weighted by Crippen LogP contribution is 2.36. The van der Waals surface area contributed by atoms with Gasteiger partial charge in [0, 0.05) is 10.9 Å². The van der Waals surface area contributed by atoms with Crippen molar-refractivity contribution in [2.75, 3.05) is 0 Å². The Bertz CT molecular complexity index is 536. The lowest BCUT2D eigenvalue weighted by Crippen LogP contribution is -2.41. The molecule has 0 atom stereocenters. The second-order valence-electron chi connectivity index (χ2n) is 6.17. The fourth-order valence-electron chi connectivity index (χ4n) is 2.41. The summed E-state index contributed by atoms with van der Waals surface area (Å²) >= 11 is 0. The Morgan fingerprint density at radius 3 is 2.28 bits per heavy atom. The maximum atomic E-state index is 6.05. The minimum absolute atomic E-state index is 0.281. The van der Waals surface area contributed by atoms with E-state index < -0.39 is 0 Å². The first-order chi connectivity index (χ1) is 8.39. The number of nitrogens with one attached hydrogen (secondary N) is 1. The van der Waals surface area contributed by atoms with Crippen LogP contribution >= 0.6 is 0 Å². The summed E-state index contributed by atoms with van der Waals surface area (Å²) in [6.45, 7) is 8.31. The maximum Gasteiger partial charge on any atom is 0.512 e. The zero-order valence-corrected chi connectivity index (χ0v) is 11.5. The van der Waals surface area contributed by atoms with Crippen molar-refractivity contribution in [3.63, 3.8) is 0 Å². The lowest BCUT2D eigenvalue weighted by atomic mass is 9.85. The monoisotopic (exact) mass is 245 g/mol. The highest BCUT2D eigenvalue weighted by atomic mass is 16.7. The van der Waals surface area contributed by atoms with Crippen molar-refractivity contribution in [1.82, 2.24) is 4.98 Å². The van der Waals surface area contributed by atoms with Crippen molar-refractivity contribution in [1.29, 1.82) is 0 Å². The molecule has 2 heterocycles. The van der Waals surface area contributed by atoms with Crippen LogP contribution in [0.5, 0.6) is 0 Å². The number of aromatic amines is 1. The number of fused-ring (bicyclic) bond motifs is 1. The molecule has 1 aromatic heterocycles. The Hall–Kier alpha value is -0.995. The van der Waals surface area contributed by atoms with Crippen molar-refractivity contribution in [2.45, 2.75) is 51.7 Å². The Morgan fingerprint density at radius 2 is 1.67 bits per heavy atom. The standard InChI is InChI=1S/C14H20BNO2/c1-13(2)14(3,4)18-15(17-13)12-9-10-7-5-6-8-11(10)16-12/h7-9,16H,5-6H2,1-4H3. The molecule has 4 heteroatoms. The average Bonchev–Trinajstić information content (AvgIpc) is 2.78. The molecule has 1 N–H and O–H groups in total. The molecule has 0 saturated carbocycles. The van der Waals surface area contributed by atoms with Gasteiger partial charge in [0.2, 0.25) is 0 Å². The van der Waals surface area contributed by atoms with E-state index in [-0.39, 0.29) is 18.3 Å². The lowest BCUT2D eigenvalue weighted by molar-refractivity contribution is 0.00578. The topological polar surface area (TPSA) is 34.2 Å². The van der Waals surface area contributed by atoms with E-state index in [1.165, 1.54) is 10.6 Å². The fraction of sp³-hybridized carbons (Fsp3) is 0.571. The molecule has 2 aliphatic rings. The molecule has 1 fully saturated rings. The second kappa shape index (κ2) is 3.75. The van der Waals surface area contributed by atoms with Gasteiger partial charge in [0.1, 0.15) is 0 Å². The second-order valence-corrected chi connectivity index (χ2v) is 6.17. The molecule has 0 bridgehead atoms. The summed E-state index contributed by atoms with van der Waals surface area (Å²) in [5.74, 6) is 0. The molecule has 0 radical (unpaired) electrons. The molecule has 1 aliphatic carbocycles. The largest absolute Gasteiger partial charge is 0.512 e. The molecule has 18 heavy (non-hydrogen) atoms. The van der Waals surface area contributed by atoms with Crippen LogP contribution in [0.25, 0.3) is 12.2 Å². The van der Waals surface area contributed by atoms with E-state index in [1.54, 1.807) is 0 Å². The van der Waals surface area contributed by atoms with Crippen molar-refractivity contribution in [3.8, 4) is 0 Å². The molecule has 0 unspecified atom stereocenters. The van der Waals surface area contributed by atoms with Crippen LogP contribution in [0.4, 0.5) is 0 Å². The molecule has 0 amide bonds. The van der Waals surface area contributed by atoms with Gasteiger partial charge in [-0.15, -0.1) is 0 Å². The van der Waals surface area contributed by atoms with Crippen LogP contribution in [0.1, 0.15) is 40.5 Å². The van der Waals surface area contributed by atoms with E-state index in [0.29, 0.717) is 0 Å². The molecule has 1 aromatic rings. The molecule has 3 rings (SSSR count). The van der Waals surface area contributed by atoms with Crippen LogP contribution in [0, 0.1) is 0 Å². The number of hydrogen-bond acceptors (Lipinski definition) is 2. The first kappa shape index (κ1) is 12.1. The van der Waals surface area contributed by atoms with E-state index in [2.05, 4.69) is 50.9 Å². The van der Waals surface area contributed by atoms with Crippen LogP contribution in [0.2, 0.25) is 0 Å². The summed E-state index contributed by atoms with van der Waals surface area (Å²) < 4.78 is 12.1. The molecule has 0 aromatic carbocycles. The first-order valence-corrected chi connectivity index (χ1v) is 6.64. The van der Waals surface area contributed by atoms with Crippen molar-refractivity contribution >= 4 is 24.9 Å².